The quantitative estimate of drug-likeness (QED) is 0.508. The predicted molar refractivity (Wildman–Crippen MR) is 72.6 cm³/mol. The molecule has 1 aromatic heterocycles. The molecule has 0 amide bonds. The number of aryl methyl sites for hydroxylation is 1. The highest BCUT2D eigenvalue weighted by Crippen LogP contribution is 2.28. The molecule has 0 unspecified atom stereocenters. The molecule has 2 rings (SSSR count). The van der Waals surface area contributed by atoms with Crippen LogP contribution in [0.25, 0.3) is 0 Å². The molecule has 0 spiro atoms. The summed E-state index contributed by atoms with van der Waals surface area (Å²) in [5.41, 5.74) is 6.98. The van der Waals surface area contributed by atoms with Gasteiger partial charge >= 0.3 is 0 Å². The molecule has 0 bridgehead atoms. The van der Waals surface area contributed by atoms with Gasteiger partial charge < -0.3 is 11.1 Å². The Morgan fingerprint density at radius 1 is 1.42 bits per heavy atom. The van der Waals surface area contributed by atoms with E-state index in [9.17, 15) is 10.1 Å². The fraction of sp³-hybridized carbons (Fsp3) is 0.0909. The van der Waals surface area contributed by atoms with Crippen LogP contribution in [0.4, 0.5) is 22.9 Å². The second-order valence-corrected chi connectivity index (χ2v) is 4.17. The lowest BCUT2D eigenvalue weighted by molar-refractivity contribution is -0.385. The van der Waals surface area contributed by atoms with Gasteiger partial charge in [0.05, 0.1) is 4.92 Å². The Kier molecular flexibility index (Phi) is 3.48. The highest BCUT2D eigenvalue weighted by atomic mass is 35.5. The molecular weight excluding hydrogens is 270 g/mol. The smallest absolute Gasteiger partial charge is 0.274 e. The third kappa shape index (κ3) is 2.71. The van der Waals surface area contributed by atoms with Crippen molar-refractivity contribution in [2.75, 3.05) is 11.1 Å². The van der Waals surface area contributed by atoms with Crippen molar-refractivity contribution in [1.29, 1.82) is 0 Å². The summed E-state index contributed by atoms with van der Waals surface area (Å²) in [5, 5.41) is 13.8. The number of hydrogen-bond acceptors (Lipinski definition) is 6. The number of nitrogens with zero attached hydrogens (tertiary/aromatic N) is 3. The molecule has 2 aromatic rings. The molecule has 0 aliphatic heterocycles. The fourth-order valence-electron chi connectivity index (χ4n) is 1.49. The number of aromatic nitrogens is 2. The van der Waals surface area contributed by atoms with Gasteiger partial charge in [0, 0.05) is 17.3 Å². The number of halogens is 1. The number of anilines is 3. The zero-order chi connectivity index (χ0) is 14.0. The molecule has 0 fully saturated rings. The first-order valence-corrected chi connectivity index (χ1v) is 5.65. The van der Waals surface area contributed by atoms with E-state index in [-0.39, 0.29) is 16.5 Å². The maximum Gasteiger partial charge on any atom is 0.274 e. The number of nitro groups is 1. The number of benzene rings is 1. The van der Waals surface area contributed by atoms with Crippen molar-refractivity contribution in [3.05, 3.63) is 45.4 Å². The van der Waals surface area contributed by atoms with Crippen molar-refractivity contribution < 1.29 is 4.92 Å². The van der Waals surface area contributed by atoms with Crippen LogP contribution in [0, 0.1) is 17.0 Å². The summed E-state index contributed by atoms with van der Waals surface area (Å²) in [6.45, 7) is 1.66. The molecule has 7 nitrogen and oxygen atoms in total. The van der Waals surface area contributed by atoms with Crippen molar-refractivity contribution in [2.45, 2.75) is 6.92 Å². The molecule has 0 radical (unpaired) electrons. The molecule has 1 aromatic carbocycles. The van der Waals surface area contributed by atoms with Crippen LogP contribution in [0.2, 0.25) is 5.15 Å². The van der Waals surface area contributed by atoms with Gasteiger partial charge in [-0.1, -0.05) is 17.7 Å². The van der Waals surface area contributed by atoms with Crippen LogP contribution in [-0.2, 0) is 0 Å². The lowest BCUT2D eigenvalue weighted by atomic mass is 10.2. The summed E-state index contributed by atoms with van der Waals surface area (Å²) < 4.78 is 0. The van der Waals surface area contributed by atoms with Gasteiger partial charge in [-0.2, -0.15) is 0 Å². The van der Waals surface area contributed by atoms with Crippen LogP contribution in [0.15, 0.2) is 24.5 Å². The van der Waals surface area contributed by atoms with Gasteiger partial charge in [-0.05, 0) is 13.0 Å². The molecule has 98 valence electrons. The minimum Gasteiger partial charge on any atom is -0.393 e. The molecule has 8 heteroatoms. The average Bonchev–Trinajstić information content (AvgIpc) is 2.37. The number of nitrogens with one attached hydrogen (secondary N) is 1. The second-order valence-electron chi connectivity index (χ2n) is 3.81. The summed E-state index contributed by atoms with van der Waals surface area (Å²) in [5.74, 6) is 0.304. The lowest BCUT2D eigenvalue weighted by Crippen LogP contribution is -2.01. The van der Waals surface area contributed by atoms with Crippen LogP contribution in [0.3, 0.4) is 0 Å². The normalized spacial score (nSPS) is 10.2. The summed E-state index contributed by atoms with van der Waals surface area (Å²) in [4.78, 5) is 18.1. The van der Waals surface area contributed by atoms with Gasteiger partial charge in [0.2, 0.25) is 0 Å². The first-order chi connectivity index (χ1) is 8.99. The average molecular weight is 280 g/mol. The Morgan fingerprint density at radius 3 is 2.84 bits per heavy atom. The summed E-state index contributed by atoms with van der Waals surface area (Å²) in [6.07, 6.45) is 1.25. The van der Waals surface area contributed by atoms with E-state index in [0.29, 0.717) is 17.1 Å². The molecule has 0 aliphatic rings. The van der Waals surface area contributed by atoms with E-state index >= 15 is 0 Å². The number of nitrogen functional groups attached to an aromatic ring is 1. The van der Waals surface area contributed by atoms with Gasteiger partial charge in [-0.3, -0.25) is 10.1 Å². The topological polar surface area (TPSA) is 107 Å². The first-order valence-electron chi connectivity index (χ1n) is 5.27. The van der Waals surface area contributed by atoms with Gasteiger partial charge in [-0.15, -0.1) is 0 Å². The maximum absolute atomic E-state index is 10.9. The number of nitro benzene ring substituents is 1. The Balaban J connectivity index is 2.36. The minimum atomic E-state index is -0.448. The van der Waals surface area contributed by atoms with Gasteiger partial charge in [0.15, 0.2) is 11.0 Å². The van der Waals surface area contributed by atoms with E-state index in [1.165, 1.54) is 12.4 Å². The van der Waals surface area contributed by atoms with Crippen LogP contribution in [0.1, 0.15) is 5.56 Å². The molecule has 0 aliphatic carbocycles. The van der Waals surface area contributed by atoms with E-state index in [1.54, 1.807) is 19.1 Å². The van der Waals surface area contributed by atoms with Crippen LogP contribution in [0.5, 0.6) is 0 Å². The van der Waals surface area contributed by atoms with Gasteiger partial charge in [-0.25, -0.2) is 9.97 Å². The van der Waals surface area contributed by atoms with E-state index in [1.807, 2.05) is 0 Å². The van der Waals surface area contributed by atoms with Crippen molar-refractivity contribution in [3.8, 4) is 0 Å². The standard InChI is InChI=1S/C11H10ClN5O2/c1-6-2-3-7(4-8(6)17(18)19)16-11-9(13)10(12)14-5-15-11/h2-5H,13H2,1H3,(H,14,15,16). The monoisotopic (exact) mass is 279 g/mol. The third-order valence-corrected chi connectivity index (χ3v) is 2.81. The Labute approximate surface area is 113 Å². The van der Waals surface area contributed by atoms with Gasteiger partial charge in [0.25, 0.3) is 5.69 Å². The fourth-order valence-corrected chi connectivity index (χ4v) is 1.63. The Hall–Kier alpha value is -2.41. The summed E-state index contributed by atoms with van der Waals surface area (Å²) in [7, 11) is 0. The van der Waals surface area contributed by atoms with Crippen LogP contribution < -0.4 is 11.1 Å². The predicted octanol–water partition coefficient (Wildman–Crippen LogP) is 2.67. The van der Waals surface area contributed by atoms with E-state index in [0.717, 1.165) is 0 Å². The van der Waals surface area contributed by atoms with Crippen LogP contribution >= 0.6 is 11.6 Å². The Bertz CT molecular complexity index is 647. The summed E-state index contributed by atoms with van der Waals surface area (Å²) in [6, 6.07) is 4.74. The lowest BCUT2D eigenvalue weighted by Gasteiger charge is -2.08. The number of hydrogen-bond donors (Lipinski definition) is 2. The first kappa shape index (κ1) is 13.0. The SMILES string of the molecule is Cc1ccc(Nc2ncnc(Cl)c2N)cc1[N+](=O)[O-]. The molecule has 1 heterocycles. The second kappa shape index (κ2) is 5.07. The van der Waals surface area contributed by atoms with Crippen molar-refractivity contribution in [3.63, 3.8) is 0 Å². The van der Waals surface area contributed by atoms with E-state index < -0.39 is 4.92 Å². The highest BCUT2D eigenvalue weighted by Gasteiger charge is 2.12. The van der Waals surface area contributed by atoms with Crippen molar-refractivity contribution in [1.82, 2.24) is 9.97 Å². The third-order valence-electron chi connectivity index (χ3n) is 2.50. The van der Waals surface area contributed by atoms with E-state index in [2.05, 4.69) is 15.3 Å². The minimum absolute atomic E-state index is 0.0173. The maximum atomic E-state index is 10.9. The molecule has 0 atom stereocenters. The Morgan fingerprint density at radius 2 is 2.16 bits per heavy atom. The number of rotatable bonds is 3. The van der Waals surface area contributed by atoms with Crippen LogP contribution in [-0.4, -0.2) is 14.9 Å². The molecule has 19 heavy (non-hydrogen) atoms. The van der Waals surface area contributed by atoms with E-state index in [4.69, 9.17) is 17.3 Å². The zero-order valence-corrected chi connectivity index (χ0v) is 10.7. The molecule has 0 saturated carbocycles. The molecule has 0 saturated heterocycles. The zero-order valence-electron chi connectivity index (χ0n) is 9.92. The van der Waals surface area contributed by atoms with Crippen molar-refractivity contribution >= 4 is 34.5 Å². The molecular formula is C11H10ClN5O2. The molecule has 3 N–H and O–H groups in total. The van der Waals surface area contributed by atoms with Crippen molar-refractivity contribution in [2.24, 2.45) is 0 Å². The highest BCUT2D eigenvalue weighted by molar-refractivity contribution is 6.32. The summed E-state index contributed by atoms with van der Waals surface area (Å²) >= 11 is 5.76. The van der Waals surface area contributed by atoms with Gasteiger partial charge in [0.1, 0.15) is 12.0 Å². The largest absolute Gasteiger partial charge is 0.393 e. The number of nitrogens with two attached hydrogens (primary N) is 1.